The number of carbonyl (C=O) groups is 1. The number of rotatable bonds is 5. The molecule has 1 aromatic heterocycles. The first-order chi connectivity index (χ1) is 19.9. The van der Waals surface area contributed by atoms with E-state index in [0.717, 1.165) is 29.1 Å². The van der Waals surface area contributed by atoms with Crippen molar-refractivity contribution in [2.75, 3.05) is 22.5 Å². The topological polar surface area (TPSA) is 84.6 Å². The van der Waals surface area contributed by atoms with Gasteiger partial charge in [-0.2, -0.15) is 4.99 Å². The Balaban J connectivity index is 1.27. The van der Waals surface area contributed by atoms with E-state index in [0.29, 0.717) is 33.8 Å². The number of nitrogens with zero attached hydrogens (tertiary/aromatic N) is 5. The molecule has 3 aromatic carbocycles. The smallest absolute Gasteiger partial charge is 0.406 e. The number of anilines is 2. The van der Waals surface area contributed by atoms with Crippen molar-refractivity contribution in [3.05, 3.63) is 83.7 Å². The lowest BCUT2D eigenvalue weighted by Crippen LogP contribution is -2.40. The molecular weight excluding hydrogens is 565 g/mol. The molecule has 1 N–H and O–H groups in total. The lowest BCUT2D eigenvalue weighted by atomic mass is 10.0. The van der Waals surface area contributed by atoms with Gasteiger partial charge in [-0.05, 0) is 86.3 Å². The zero-order valence-electron chi connectivity index (χ0n) is 23.4. The Hall–Kier alpha value is -4.32. The second-order valence-electron chi connectivity index (χ2n) is 10.2. The lowest BCUT2D eigenvalue weighted by molar-refractivity contribution is -0.274. The van der Waals surface area contributed by atoms with Gasteiger partial charge in [0.15, 0.2) is 11.0 Å². The predicted molar refractivity (Wildman–Crippen MR) is 160 cm³/mol. The fraction of sp³-hybridized carbons (Fsp3) is 0.267. The molecule has 1 atom stereocenters. The van der Waals surface area contributed by atoms with Gasteiger partial charge in [0.25, 0.3) is 0 Å². The van der Waals surface area contributed by atoms with Crippen LogP contribution in [-0.2, 0) is 0 Å². The Bertz CT molecular complexity index is 1590. The van der Waals surface area contributed by atoms with Crippen LogP contribution in [0.15, 0.2) is 72.0 Å². The third-order valence-electron chi connectivity index (χ3n) is 6.55. The number of aryl methyl sites for hydroxylation is 3. The summed E-state index contributed by atoms with van der Waals surface area (Å²) in [5.74, 6) is 1.42. The molecule has 5 rings (SSSR count). The molecule has 12 heteroatoms. The number of thioether (sulfide) groups is 1. The van der Waals surface area contributed by atoms with Gasteiger partial charge in [-0.25, -0.2) is 14.5 Å². The molecule has 1 saturated heterocycles. The SMILES string of the molecule is Cc1cc(C)c(N2CC(C)CSC2=NC(=O)Nc2ccc(-c3ncn(-c4ccc(OC(F)(F)F)cc4)n3)cc2)c(C)c1. The first kappa shape index (κ1) is 29.2. The molecule has 2 heterocycles. The van der Waals surface area contributed by atoms with E-state index in [4.69, 9.17) is 0 Å². The monoisotopic (exact) mass is 594 g/mol. The fourth-order valence-electron chi connectivity index (χ4n) is 4.88. The largest absolute Gasteiger partial charge is 0.573 e. The summed E-state index contributed by atoms with van der Waals surface area (Å²) in [7, 11) is 0. The summed E-state index contributed by atoms with van der Waals surface area (Å²) >= 11 is 1.58. The molecule has 1 unspecified atom stereocenters. The average molecular weight is 595 g/mol. The zero-order valence-corrected chi connectivity index (χ0v) is 24.3. The second-order valence-corrected chi connectivity index (χ2v) is 11.2. The maximum atomic E-state index is 12.9. The molecule has 8 nitrogen and oxygen atoms in total. The number of carbonyl (C=O) groups excluding carboxylic acids is 1. The maximum Gasteiger partial charge on any atom is 0.573 e. The molecular formula is C30H29F3N6O2S. The standard InChI is InChI=1S/C30H29F3N6O2S/c1-18-13-20(3)26(21(4)14-18)38-15-19(2)16-42-29(38)36-28(40)35-23-7-5-22(6-8-23)27-34-17-39(37-27)24-9-11-25(12-10-24)41-30(31,32)33/h5-14,17,19H,15-16H2,1-4H3,(H,35,40). The van der Waals surface area contributed by atoms with Crippen molar-refractivity contribution < 1.29 is 22.7 Å². The average Bonchev–Trinajstić information content (AvgIpc) is 3.40. The van der Waals surface area contributed by atoms with E-state index < -0.39 is 12.4 Å². The van der Waals surface area contributed by atoms with Crippen LogP contribution in [0.5, 0.6) is 5.75 Å². The second kappa shape index (κ2) is 11.9. The number of hydrogen-bond donors (Lipinski definition) is 1. The number of alkyl halides is 3. The normalized spacial score (nSPS) is 16.5. The van der Waals surface area contributed by atoms with Gasteiger partial charge in [-0.15, -0.1) is 18.3 Å². The molecule has 0 saturated carbocycles. The van der Waals surface area contributed by atoms with Gasteiger partial charge in [-0.3, -0.25) is 0 Å². The summed E-state index contributed by atoms with van der Waals surface area (Å²) in [5.41, 5.74) is 6.37. The van der Waals surface area contributed by atoms with Gasteiger partial charge in [-0.1, -0.05) is 36.4 Å². The van der Waals surface area contributed by atoms with Gasteiger partial charge in [0.1, 0.15) is 12.1 Å². The number of urea groups is 1. The van der Waals surface area contributed by atoms with Crippen molar-refractivity contribution in [1.29, 1.82) is 0 Å². The van der Waals surface area contributed by atoms with E-state index in [-0.39, 0.29) is 5.75 Å². The van der Waals surface area contributed by atoms with E-state index >= 15 is 0 Å². The highest BCUT2D eigenvalue weighted by molar-refractivity contribution is 8.14. The van der Waals surface area contributed by atoms with Crippen LogP contribution in [0.3, 0.4) is 0 Å². The van der Waals surface area contributed by atoms with Gasteiger partial charge < -0.3 is 15.0 Å². The summed E-state index contributed by atoms with van der Waals surface area (Å²) in [4.78, 5) is 23.8. The number of halogens is 3. The van der Waals surface area contributed by atoms with Crippen LogP contribution >= 0.6 is 11.8 Å². The number of amidine groups is 1. The highest BCUT2D eigenvalue weighted by atomic mass is 32.2. The van der Waals surface area contributed by atoms with E-state index in [1.54, 1.807) is 36.0 Å². The van der Waals surface area contributed by atoms with Crippen molar-refractivity contribution in [2.24, 2.45) is 10.9 Å². The quantitative estimate of drug-likeness (QED) is 0.257. The highest BCUT2D eigenvalue weighted by Crippen LogP contribution is 2.33. The van der Waals surface area contributed by atoms with Crippen molar-refractivity contribution in [1.82, 2.24) is 14.8 Å². The first-order valence-corrected chi connectivity index (χ1v) is 14.2. The number of aromatic nitrogens is 3. The minimum Gasteiger partial charge on any atom is -0.406 e. The van der Waals surface area contributed by atoms with Crippen LogP contribution in [0.2, 0.25) is 0 Å². The van der Waals surface area contributed by atoms with Crippen LogP contribution in [0.1, 0.15) is 23.6 Å². The van der Waals surface area contributed by atoms with Crippen LogP contribution < -0.4 is 15.0 Å². The lowest BCUT2D eigenvalue weighted by Gasteiger charge is -2.35. The number of ether oxygens (including phenoxy) is 1. The van der Waals surface area contributed by atoms with E-state index in [1.807, 2.05) is 0 Å². The zero-order chi connectivity index (χ0) is 30.0. The minimum absolute atomic E-state index is 0.320. The summed E-state index contributed by atoms with van der Waals surface area (Å²) < 4.78 is 42.6. The van der Waals surface area contributed by atoms with Gasteiger partial charge in [0.05, 0.1) is 5.69 Å². The molecule has 1 aliphatic rings. The number of aliphatic imine (C=N–C) groups is 1. The van der Waals surface area contributed by atoms with E-state index in [2.05, 4.69) is 69.9 Å². The van der Waals surface area contributed by atoms with Crippen molar-refractivity contribution >= 4 is 34.3 Å². The Morgan fingerprint density at radius 3 is 2.36 bits per heavy atom. The molecule has 2 amide bonds. The van der Waals surface area contributed by atoms with Crippen LogP contribution in [0.4, 0.5) is 29.3 Å². The molecule has 218 valence electrons. The third kappa shape index (κ3) is 6.93. The Morgan fingerprint density at radius 1 is 1.05 bits per heavy atom. The maximum absolute atomic E-state index is 12.9. The fourth-order valence-corrected chi connectivity index (χ4v) is 5.88. The predicted octanol–water partition coefficient (Wildman–Crippen LogP) is 7.54. The Labute approximate surface area is 245 Å². The van der Waals surface area contributed by atoms with Crippen molar-refractivity contribution in [3.8, 4) is 22.8 Å². The van der Waals surface area contributed by atoms with Gasteiger partial charge >= 0.3 is 12.4 Å². The van der Waals surface area contributed by atoms with Crippen molar-refractivity contribution in [3.63, 3.8) is 0 Å². The summed E-state index contributed by atoms with van der Waals surface area (Å²) in [6.07, 6.45) is -3.29. The highest BCUT2D eigenvalue weighted by Gasteiger charge is 2.31. The van der Waals surface area contributed by atoms with Gasteiger partial charge in [0.2, 0.25) is 0 Å². The van der Waals surface area contributed by atoms with Crippen LogP contribution in [0.25, 0.3) is 17.1 Å². The van der Waals surface area contributed by atoms with E-state index in [1.165, 1.54) is 40.8 Å². The third-order valence-corrected chi connectivity index (χ3v) is 7.85. The Morgan fingerprint density at radius 2 is 1.71 bits per heavy atom. The van der Waals surface area contributed by atoms with Crippen LogP contribution in [0, 0.1) is 26.7 Å². The minimum atomic E-state index is -4.76. The molecule has 1 aliphatic heterocycles. The molecule has 1 fully saturated rings. The Kier molecular flexibility index (Phi) is 8.26. The molecule has 4 aromatic rings. The molecule has 42 heavy (non-hydrogen) atoms. The van der Waals surface area contributed by atoms with Gasteiger partial charge in [0, 0.05) is 29.2 Å². The van der Waals surface area contributed by atoms with E-state index in [9.17, 15) is 18.0 Å². The molecule has 0 bridgehead atoms. The first-order valence-electron chi connectivity index (χ1n) is 13.2. The summed E-state index contributed by atoms with van der Waals surface area (Å²) in [5, 5.41) is 7.92. The summed E-state index contributed by atoms with van der Waals surface area (Å²) in [6.45, 7) is 9.22. The van der Waals surface area contributed by atoms with Crippen LogP contribution in [-0.4, -0.2) is 44.6 Å². The number of nitrogens with one attached hydrogen (secondary N) is 1. The molecule has 0 radical (unpaired) electrons. The molecule has 0 aliphatic carbocycles. The number of benzene rings is 3. The molecule has 0 spiro atoms. The number of hydrogen-bond acceptors (Lipinski definition) is 5. The summed E-state index contributed by atoms with van der Waals surface area (Å²) in [6, 6.07) is 16.2. The number of amides is 2. The van der Waals surface area contributed by atoms with Crippen molar-refractivity contribution in [2.45, 2.75) is 34.1 Å².